The number of carbonyl (C=O) groups excluding carboxylic acids is 2. The smallest absolute Gasteiger partial charge is 0.420 e. The van der Waals surface area contributed by atoms with Gasteiger partial charge in [0.1, 0.15) is 5.82 Å². The predicted octanol–water partition coefficient (Wildman–Crippen LogP) is 3.52. The molecule has 1 heterocycles. The summed E-state index contributed by atoms with van der Waals surface area (Å²) >= 11 is 0. The maximum absolute atomic E-state index is 12.1. The van der Waals surface area contributed by atoms with Gasteiger partial charge >= 0.3 is 12.2 Å². The number of nitrogens with zero attached hydrogens (tertiary/aromatic N) is 1. The van der Waals surface area contributed by atoms with Crippen molar-refractivity contribution in [3.63, 3.8) is 0 Å². The molecule has 0 saturated heterocycles. The highest BCUT2D eigenvalue weighted by Gasteiger charge is 2.18. The van der Waals surface area contributed by atoms with Gasteiger partial charge in [-0.3, -0.25) is 5.32 Å². The molecule has 2 rings (SSSR count). The van der Waals surface area contributed by atoms with Gasteiger partial charge in [0.2, 0.25) is 0 Å². The molecule has 1 aromatic heterocycles. The highest BCUT2D eigenvalue weighted by Crippen LogP contribution is 2.25. The van der Waals surface area contributed by atoms with Gasteiger partial charge in [0.05, 0.1) is 18.7 Å². The first-order valence-corrected chi connectivity index (χ1v) is 6.79. The minimum absolute atomic E-state index is 0.253. The summed E-state index contributed by atoms with van der Waals surface area (Å²) in [6, 6.07) is 7.36. The van der Waals surface area contributed by atoms with Gasteiger partial charge in [0.15, 0.2) is 0 Å². The zero-order valence-electron chi connectivity index (χ0n) is 12.3. The third kappa shape index (κ3) is 3.16. The molecule has 6 nitrogen and oxygen atoms in total. The van der Waals surface area contributed by atoms with E-state index in [0.717, 1.165) is 10.9 Å². The molecule has 0 saturated carbocycles. The van der Waals surface area contributed by atoms with Crippen molar-refractivity contribution in [3.8, 4) is 0 Å². The van der Waals surface area contributed by atoms with Crippen LogP contribution in [-0.4, -0.2) is 30.0 Å². The topological polar surface area (TPSA) is 69.6 Å². The van der Waals surface area contributed by atoms with E-state index < -0.39 is 12.2 Å². The highest BCUT2D eigenvalue weighted by atomic mass is 16.6. The minimum Gasteiger partial charge on any atom is -0.450 e. The lowest BCUT2D eigenvalue weighted by molar-refractivity contribution is 0.155. The first kappa shape index (κ1) is 14.9. The van der Waals surface area contributed by atoms with Crippen molar-refractivity contribution < 1.29 is 19.1 Å². The van der Waals surface area contributed by atoms with E-state index >= 15 is 0 Å². The average molecular weight is 290 g/mol. The largest absolute Gasteiger partial charge is 0.450 e. The number of carbonyl (C=O) groups is 2. The van der Waals surface area contributed by atoms with Gasteiger partial charge in [-0.1, -0.05) is 11.6 Å². The van der Waals surface area contributed by atoms with E-state index in [4.69, 9.17) is 9.47 Å². The van der Waals surface area contributed by atoms with Crippen molar-refractivity contribution in [3.05, 3.63) is 29.8 Å². The molecule has 0 spiro atoms. The quantitative estimate of drug-likeness (QED) is 0.939. The third-order valence-corrected chi connectivity index (χ3v) is 2.91. The zero-order valence-corrected chi connectivity index (χ0v) is 12.3. The van der Waals surface area contributed by atoms with Crippen molar-refractivity contribution in [1.82, 2.24) is 4.57 Å². The van der Waals surface area contributed by atoms with Crippen molar-refractivity contribution in [2.75, 3.05) is 18.5 Å². The number of rotatable bonds is 3. The van der Waals surface area contributed by atoms with Gasteiger partial charge in [-0.15, -0.1) is 0 Å². The Hall–Kier alpha value is -2.50. The Morgan fingerprint density at radius 3 is 2.52 bits per heavy atom. The summed E-state index contributed by atoms with van der Waals surface area (Å²) in [6.07, 6.45) is -1.15. The molecular formula is C15H18N2O4. The molecule has 0 bridgehead atoms. The molecular weight excluding hydrogens is 272 g/mol. The van der Waals surface area contributed by atoms with Crippen LogP contribution in [0.1, 0.15) is 19.4 Å². The van der Waals surface area contributed by atoms with E-state index in [1.165, 1.54) is 4.57 Å². The van der Waals surface area contributed by atoms with Crippen LogP contribution in [0.4, 0.5) is 15.4 Å². The summed E-state index contributed by atoms with van der Waals surface area (Å²) in [4.78, 5) is 23.7. The van der Waals surface area contributed by atoms with Gasteiger partial charge < -0.3 is 9.47 Å². The molecule has 0 radical (unpaired) electrons. The average Bonchev–Trinajstić information content (AvgIpc) is 2.75. The van der Waals surface area contributed by atoms with Crippen LogP contribution in [0.3, 0.4) is 0 Å². The molecule has 1 aromatic carbocycles. The first-order valence-electron chi connectivity index (χ1n) is 6.79. The fourth-order valence-corrected chi connectivity index (χ4v) is 2.08. The lowest BCUT2D eigenvalue weighted by Gasteiger charge is -2.10. The Kier molecular flexibility index (Phi) is 4.47. The summed E-state index contributed by atoms with van der Waals surface area (Å²) in [5.74, 6) is 0.326. The van der Waals surface area contributed by atoms with Crippen molar-refractivity contribution in [1.29, 1.82) is 0 Å². The van der Waals surface area contributed by atoms with E-state index in [1.54, 1.807) is 19.9 Å². The second kappa shape index (κ2) is 6.30. The second-order valence-corrected chi connectivity index (χ2v) is 4.47. The number of amides is 1. The van der Waals surface area contributed by atoms with Crippen molar-refractivity contribution >= 4 is 28.9 Å². The molecule has 0 fully saturated rings. The molecule has 1 amide bonds. The normalized spacial score (nSPS) is 10.4. The van der Waals surface area contributed by atoms with Gasteiger partial charge in [0.25, 0.3) is 0 Å². The maximum atomic E-state index is 12.1. The molecule has 0 unspecified atom stereocenters. The fraction of sp³-hybridized carbons (Fsp3) is 0.333. The number of aryl methyl sites for hydroxylation is 1. The number of hydrogen-bond acceptors (Lipinski definition) is 4. The standard InChI is InChI=1S/C15H18N2O4/c1-4-20-14(18)16-13-9-11-8-10(3)6-7-12(11)17(13)15(19)21-5-2/h6-9H,4-5H2,1-3H3,(H,16,18). The molecule has 2 aromatic rings. The molecule has 112 valence electrons. The first-order chi connectivity index (χ1) is 10.1. The van der Waals surface area contributed by atoms with Crippen LogP contribution in [0.5, 0.6) is 0 Å². The van der Waals surface area contributed by atoms with Crippen LogP contribution in [0, 0.1) is 6.92 Å². The molecule has 0 atom stereocenters. The number of nitrogens with one attached hydrogen (secondary N) is 1. The third-order valence-electron chi connectivity index (χ3n) is 2.91. The summed E-state index contributed by atoms with van der Waals surface area (Å²) in [7, 11) is 0. The lowest BCUT2D eigenvalue weighted by Crippen LogP contribution is -2.20. The van der Waals surface area contributed by atoms with E-state index in [2.05, 4.69) is 5.32 Å². The Balaban J connectivity index is 2.48. The molecule has 0 aliphatic rings. The zero-order chi connectivity index (χ0) is 15.4. The van der Waals surface area contributed by atoms with Crippen LogP contribution < -0.4 is 5.32 Å². The van der Waals surface area contributed by atoms with Crippen LogP contribution in [0.15, 0.2) is 24.3 Å². The molecule has 21 heavy (non-hydrogen) atoms. The fourth-order valence-electron chi connectivity index (χ4n) is 2.08. The van der Waals surface area contributed by atoms with E-state index in [-0.39, 0.29) is 13.2 Å². The summed E-state index contributed by atoms with van der Waals surface area (Å²) < 4.78 is 11.2. The van der Waals surface area contributed by atoms with Crippen molar-refractivity contribution in [2.24, 2.45) is 0 Å². The number of hydrogen-bond donors (Lipinski definition) is 1. The van der Waals surface area contributed by atoms with Crippen LogP contribution >= 0.6 is 0 Å². The SMILES string of the molecule is CCOC(=O)Nc1cc2cc(C)ccc2n1C(=O)OCC. The molecule has 0 aliphatic carbocycles. The van der Waals surface area contributed by atoms with Crippen LogP contribution in [0.25, 0.3) is 10.9 Å². The number of ether oxygens (including phenoxy) is 2. The van der Waals surface area contributed by atoms with E-state index in [1.807, 2.05) is 25.1 Å². The number of aromatic nitrogens is 1. The highest BCUT2D eigenvalue weighted by molar-refractivity contribution is 5.98. The Morgan fingerprint density at radius 2 is 1.86 bits per heavy atom. The molecule has 0 aliphatic heterocycles. The second-order valence-electron chi connectivity index (χ2n) is 4.47. The van der Waals surface area contributed by atoms with Gasteiger partial charge in [0, 0.05) is 5.39 Å². The summed E-state index contributed by atoms with van der Waals surface area (Å²) in [6.45, 7) is 5.91. The van der Waals surface area contributed by atoms with E-state index in [0.29, 0.717) is 11.3 Å². The minimum atomic E-state index is -0.609. The Labute approximate surface area is 122 Å². The number of anilines is 1. The number of benzene rings is 1. The van der Waals surface area contributed by atoms with Gasteiger partial charge in [-0.05, 0) is 39.0 Å². The van der Waals surface area contributed by atoms with Crippen molar-refractivity contribution in [2.45, 2.75) is 20.8 Å². The maximum Gasteiger partial charge on any atom is 0.420 e. The summed E-state index contributed by atoms with van der Waals surface area (Å²) in [5.41, 5.74) is 1.73. The van der Waals surface area contributed by atoms with Crippen LogP contribution in [0.2, 0.25) is 0 Å². The van der Waals surface area contributed by atoms with Gasteiger partial charge in [-0.25, -0.2) is 14.2 Å². The van der Waals surface area contributed by atoms with E-state index in [9.17, 15) is 9.59 Å². The van der Waals surface area contributed by atoms with Crippen LogP contribution in [-0.2, 0) is 9.47 Å². The van der Waals surface area contributed by atoms with Gasteiger partial charge in [-0.2, -0.15) is 0 Å². The predicted molar refractivity (Wildman–Crippen MR) is 79.7 cm³/mol. The number of fused-ring (bicyclic) bond motifs is 1. The molecule has 1 N–H and O–H groups in total. The molecule has 6 heteroatoms. The monoisotopic (exact) mass is 290 g/mol. The Bertz CT molecular complexity index is 676. The lowest BCUT2D eigenvalue weighted by atomic mass is 10.2. The Morgan fingerprint density at radius 1 is 1.14 bits per heavy atom. The summed E-state index contributed by atoms with van der Waals surface area (Å²) in [5, 5.41) is 3.40.